The van der Waals surface area contributed by atoms with Gasteiger partial charge in [-0.1, -0.05) is 61.2 Å². The van der Waals surface area contributed by atoms with E-state index in [1.54, 1.807) is 24.3 Å². The van der Waals surface area contributed by atoms with E-state index in [-0.39, 0.29) is 28.6 Å². The molecule has 0 aromatic heterocycles. The second-order valence-electron chi connectivity index (χ2n) is 7.83. The molecule has 2 aromatic rings. The van der Waals surface area contributed by atoms with Crippen molar-refractivity contribution in [2.24, 2.45) is 0 Å². The molecule has 0 atom stereocenters. The number of nitrogens with one attached hydrogen (secondary N) is 2. The third kappa shape index (κ3) is 4.64. The van der Waals surface area contributed by atoms with Gasteiger partial charge in [0.15, 0.2) is 0 Å². The number of rotatable bonds is 6. The van der Waals surface area contributed by atoms with Gasteiger partial charge in [-0.2, -0.15) is 0 Å². The summed E-state index contributed by atoms with van der Waals surface area (Å²) in [6.45, 7) is 0.440. The number of hydrogen-bond acceptors (Lipinski definition) is 4. The van der Waals surface area contributed by atoms with Crippen LogP contribution in [-0.4, -0.2) is 28.7 Å². The largest absolute Gasteiger partial charge is 0.350 e. The number of anilines is 1. The van der Waals surface area contributed by atoms with Gasteiger partial charge < -0.3 is 10.6 Å². The van der Waals surface area contributed by atoms with Crippen LogP contribution in [0, 0.1) is 0 Å². The standard InChI is InChI=1S/C24H24ClN3O3/c25-20-21(24(31)28(23(20)30)19-9-5-2-6-10-19)27-18-13-11-17(12-14-18)22(29)26-15-16-7-3-1-4-8-16/h1,3-4,7-8,11-14,19,27H,2,5-6,9-10,15H2,(H,26,29). The maximum Gasteiger partial charge on any atom is 0.279 e. The predicted molar refractivity (Wildman–Crippen MR) is 119 cm³/mol. The van der Waals surface area contributed by atoms with Gasteiger partial charge in [-0.05, 0) is 42.7 Å². The number of amides is 3. The third-order valence-corrected chi connectivity index (χ3v) is 6.06. The molecule has 0 radical (unpaired) electrons. The van der Waals surface area contributed by atoms with Gasteiger partial charge in [0.25, 0.3) is 17.7 Å². The molecule has 1 heterocycles. The minimum absolute atomic E-state index is 0.0831. The van der Waals surface area contributed by atoms with Crippen LogP contribution in [0.5, 0.6) is 0 Å². The second kappa shape index (κ2) is 9.35. The number of halogens is 1. The van der Waals surface area contributed by atoms with Crippen LogP contribution in [0.1, 0.15) is 48.0 Å². The molecule has 2 aliphatic rings. The van der Waals surface area contributed by atoms with Gasteiger partial charge in [0.05, 0.1) is 0 Å². The molecular formula is C24H24ClN3O3. The molecule has 6 nitrogen and oxygen atoms in total. The Hall–Kier alpha value is -3.12. The Balaban J connectivity index is 1.39. The van der Waals surface area contributed by atoms with Crippen LogP contribution < -0.4 is 10.6 Å². The Kier molecular flexibility index (Phi) is 6.37. The summed E-state index contributed by atoms with van der Waals surface area (Å²) in [6, 6.07) is 16.3. The summed E-state index contributed by atoms with van der Waals surface area (Å²) >= 11 is 6.21. The average molecular weight is 438 g/mol. The molecule has 31 heavy (non-hydrogen) atoms. The van der Waals surface area contributed by atoms with Gasteiger partial charge in [-0.25, -0.2) is 0 Å². The SMILES string of the molecule is O=C(NCc1ccccc1)c1ccc(NC2=C(Cl)C(=O)N(C3CCCCC3)C2=O)cc1. The van der Waals surface area contributed by atoms with Crippen molar-refractivity contribution < 1.29 is 14.4 Å². The number of imide groups is 1. The second-order valence-corrected chi connectivity index (χ2v) is 8.21. The highest BCUT2D eigenvalue weighted by Crippen LogP contribution is 2.32. The zero-order chi connectivity index (χ0) is 21.8. The van der Waals surface area contributed by atoms with Gasteiger partial charge in [0.2, 0.25) is 0 Å². The first-order valence-corrected chi connectivity index (χ1v) is 10.9. The predicted octanol–water partition coefficient (Wildman–Crippen LogP) is 4.18. The van der Waals surface area contributed by atoms with Crippen molar-refractivity contribution in [2.75, 3.05) is 5.32 Å². The molecule has 0 spiro atoms. The van der Waals surface area contributed by atoms with Gasteiger partial charge in [-0.3, -0.25) is 19.3 Å². The summed E-state index contributed by atoms with van der Waals surface area (Å²) in [5.74, 6) is -1.01. The van der Waals surface area contributed by atoms with Gasteiger partial charge in [0.1, 0.15) is 10.7 Å². The van der Waals surface area contributed by atoms with Crippen LogP contribution in [-0.2, 0) is 16.1 Å². The van der Waals surface area contributed by atoms with Gasteiger partial charge >= 0.3 is 0 Å². The lowest BCUT2D eigenvalue weighted by atomic mass is 9.94. The van der Waals surface area contributed by atoms with Crippen LogP contribution in [0.3, 0.4) is 0 Å². The molecule has 2 N–H and O–H groups in total. The lowest BCUT2D eigenvalue weighted by Crippen LogP contribution is -2.42. The highest BCUT2D eigenvalue weighted by Gasteiger charge is 2.42. The Bertz CT molecular complexity index is 1010. The van der Waals surface area contributed by atoms with E-state index in [9.17, 15) is 14.4 Å². The zero-order valence-corrected chi connectivity index (χ0v) is 17.8. The van der Waals surface area contributed by atoms with Crippen LogP contribution in [0.2, 0.25) is 0 Å². The van der Waals surface area contributed by atoms with Gasteiger partial charge in [-0.15, -0.1) is 0 Å². The maximum absolute atomic E-state index is 12.9. The number of carbonyl (C=O) groups excluding carboxylic acids is 3. The molecule has 3 amide bonds. The Morgan fingerprint density at radius 2 is 1.61 bits per heavy atom. The molecule has 0 unspecified atom stereocenters. The van der Waals surface area contributed by atoms with E-state index in [1.807, 2.05) is 30.3 Å². The summed E-state index contributed by atoms with van der Waals surface area (Å²) in [7, 11) is 0. The van der Waals surface area contributed by atoms with E-state index in [4.69, 9.17) is 11.6 Å². The van der Waals surface area contributed by atoms with Crippen LogP contribution in [0.25, 0.3) is 0 Å². The quantitative estimate of drug-likeness (QED) is 0.664. The smallest absolute Gasteiger partial charge is 0.279 e. The van der Waals surface area contributed by atoms with Crippen LogP contribution in [0.15, 0.2) is 65.3 Å². The Labute approximate surface area is 186 Å². The summed E-state index contributed by atoms with van der Waals surface area (Å²) in [6.07, 6.45) is 4.79. The fraction of sp³-hybridized carbons (Fsp3) is 0.292. The van der Waals surface area contributed by atoms with Crippen molar-refractivity contribution in [3.63, 3.8) is 0 Å². The Morgan fingerprint density at radius 1 is 0.935 bits per heavy atom. The van der Waals surface area contributed by atoms with E-state index >= 15 is 0 Å². The minimum atomic E-state index is -0.432. The molecule has 0 saturated heterocycles. The van der Waals surface area contributed by atoms with Crippen molar-refractivity contribution in [2.45, 2.75) is 44.7 Å². The molecule has 160 valence electrons. The van der Waals surface area contributed by atoms with Gasteiger partial charge in [0, 0.05) is 23.8 Å². The zero-order valence-electron chi connectivity index (χ0n) is 17.1. The first-order chi connectivity index (χ1) is 15.0. The van der Waals surface area contributed by atoms with Crippen molar-refractivity contribution in [1.82, 2.24) is 10.2 Å². The van der Waals surface area contributed by atoms with Crippen molar-refractivity contribution in [1.29, 1.82) is 0 Å². The summed E-state index contributed by atoms with van der Waals surface area (Å²) in [4.78, 5) is 39.1. The number of carbonyl (C=O) groups is 3. The molecule has 0 bridgehead atoms. The molecule has 2 aromatic carbocycles. The summed E-state index contributed by atoms with van der Waals surface area (Å²) < 4.78 is 0. The number of nitrogens with zero attached hydrogens (tertiary/aromatic N) is 1. The van der Waals surface area contributed by atoms with E-state index in [1.165, 1.54) is 4.90 Å². The molecule has 1 aliphatic heterocycles. The molecule has 1 aliphatic carbocycles. The highest BCUT2D eigenvalue weighted by atomic mass is 35.5. The van der Waals surface area contributed by atoms with Crippen molar-refractivity contribution in [3.05, 3.63) is 76.5 Å². The minimum Gasteiger partial charge on any atom is -0.350 e. The number of benzene rings is 2. The van der Waals surface area contributed by atoms with Crippen molar-refractivity contribution in [3.8, 4) is 0 Å². The normalized spacial score (nSPS) is 17.3. The molecule has 7 heteroatoms. The average Bonchev–Trinajstić information content (AvgIpc) is 3.02. The fourth-order valence-electron chi connectivity index (χ4n) is 4.03. The molecular weight excluding hydrogens is 414 g/mol. The monoisotopic (exact) mass is 437 g/mol. The lowest BCUT2D eigenvalue weighted by molar-refractivity contribution is -0.140. The number of hydrogen-bond donors (Lipinski definition) is 2. The van der Waals surface area contributed by atoms with Crippen LogP contribution >= 0.6 is 11.6 Å². The van der Waals surface area contributed by atoms with E-state index in [0.29, 0.717) is 17.8 Å². The first-order valence-electron chi connectivity index (χ1n) is 10.5. The maximum atomic E-state index is 12.9. The van der Waals surface area contributed by atoms with Crippen molar-refractivity contribution >= 4 is 35.0 Å². The molecule has 4 rings (SSSR count). The highest BCUT2D eigenvalue weighted by molar-refractivity contribution is 6.48. The summed E-state index contributed by atoms with van der Waals surface area (Å²) in [5, 5.41) is 5.76. The Morgan fingerprint density at radius 3 is 2.29 bits per heavy atom. The summed E-state index contributed by atoms with van der Waals surface area (Å²) in [5.41, 5.74) is 2.19. The third-order valence-electron chi connectivity index (χ3n) is 5.71. The lowest BCUT2D eigenvalue weighted by Gasteiger charge is -2.29. The van der Waals surface area contributed by atoms with E-state index in [2.05, 4.69) is 10.6 Å². The van der Waals surface area contributed by atoms with Crippen LogP contribution in [0.4, 0.5) is 5.69 Å². The first kappa shape index (κ1) is 21.1. The molecule has 1 saturated carbocycles. The topological polar surface area (TPSA) is 78.5 Å². The van der Waals surface area contributed by atoms with E-state index < -0.39 is 5.91 Å². The fourth-order valence-corrected chi connectivity index (χ4v) is 4.25. The molecule has 1 fully saturated rings. The van der Waals surface area contributed by atoms with E-state index in [0.717, 1.165) is 37.7 Å².